The maximum atomic E-state index is 5.76. The Morgan fingerprint density at radius 2 is 1.77 bits per heavy atom. The van der Waals surface area contributed by atoms with Crippen LogP contribution in [0.4, 0.5) is 0 Å². The number of amidine groups is 1. The second-order valence-electron chi connectivity index (χ2n) is 3.63. The fourth-order valence-electron chi connectivity index (χ4n) is 1.98. The van der Waals surface area contributed by atoms with E-state index in [1.54, 1.807) is 7.11 Å². The minimum Gasteiger partial charge on any atom is -0.383 e. The average Bonchev–Trinajstić information content (AvgIpc) is 2.42. The molecule has 0 bridgehead atoms. The van der Waals surface area contributed by atoms with Crippen LogP contribution in [0, 0.1) is 0 Å². The van der Waals surface area contributed by atoms with Gasteiger partial charge >= 0.3 is 0 Å². The SMILES string of the molecule is COC1(C(N)=NN)CCCCCC1. The van der Waals surface area contributed by atoms with Crippen LogP contribution in [0.2, 0.25) is 0 Å². The Labute approximate surface area is 79.3 Å². The summed E-state index contributed by atoms with van der Waals surface area (Å²) in [5.74, 6) is 5.64. The molecule has 0 amide bonds. The molecule has 4 nitrogen and oxygen atoms in total. The van der Waals surface area contributed by atoms with Crippen molar-refractivity contribution < 1.29 is 4.74 Å². The van der Waals surface area contributed by atoms with Crippen LogP contribution in [0.5, 0.6) is 0 Å². The van der Waals surface area contributed by atoms with E-state index in [1.165, 1.54) is 12.8 Å². The molecule has 4 N–H and O–H groups in total. The molecular weight excluding hydrogens is 166 g/mol. The van der Waals surface area contributed by atoms with Crippen molar-refractivity contribution in [2.24, 2.45) is 16.7 Å². The van der Waals surface area contributed by atoms with Gasteiger partial charge in [0.1, 0.15) is 5.60 Å². The smallest absolute Gasteiger partial charge is 0.151 e. The predicted octanol–water partition coefficient (Wildman–Crippen LogP) is 0.957. The molecule has 1 rings (SSSR count). The second-order valence-corrected chi connectivity index (χ2v) is 3.63. The summed E-state index contributed by atoms with van der Waals surface area (Å²) in [6.07, 6.45) is 6.67. The largest absolute Gasteiger partial charge is 0.383 e. The molecule has 1 saturated carbocycles. The molecule has 0 spiro atoms. The third kappa shape index (κ3) is 2.12. The third-order valence-corrected chi connectivity index (χ3v) is 2.91. The van der Waals surface area contributed by atoms with Gasteiger partial charge in [0.2, 0.25) is 0 Å². The van der Waals surface area contributed by atoms with E-state index in [-0.39, 0.29) is 5.60 Å². The molecule has 1 fully saturated rings. The molecule has 0 radical (unpaired) electrons. The van der Waals surface area contributed by atoms with Crippen molar-refractivity contribution in [2.45, 2.75) is 44.1 Å². The van der Waals surface area contributed by atoms with E-state index >= 15 is 0 Å². The minimum absolute atomic E-state index is 0.384. The van der Waals surface area contributed by atoms with Gasteiger partial charge in [0.15, 0.2) is 5.84 Å². The maximum Gasteiger partial charge on any atom is 0.151 e. The highest BCUT2D eigenvalue weighted by Crippen LogP contribution is 2.29. The normalized spacial score (nSPS) is 23.9. The Hall–Kier alpha value is -0.770. The first-order valence-electron chi connectivity index (χ1n) is 4.84. The topological polar surface area (TPSA) is 73.6 Å². The Morgan fingerprint density at radius 1 is 1.23 bits per heavy atom. The van der Waals surface area contributed by atoms with Gasteiger partial charge in [-0.25, -0.2) is 0 Å². The van der Waals surface area contributed by atoms with E-state index in [4.69, 9.17) is 16.3 Å². The number of hydrogen-bond donors (Lipinski definition) is 2. The summed E-state index contributed by atoms with van der Waals surface area (Å²) in [4.78, 5) is 0. The molecule has 1 aliphatic rings. The summed E-state index contributed by atoms with van der Waals surface area (Å²) in [6.45, 7) is 0. The van der Waals surface area contributed by atoms with Crippen LogP contribution in [-0.4, -0.2) is 18.5 Å². The number of ether oxygens (including phenoxy) is 1. The van der Waals surface area contributed by atoms with Gasteiger partial charge in [0.25, 0.3) is 0 Å². The standard InChI is InChI=1S/C9H19N3O/c1-13-9(8(10)12-11)6-4-2-3-5-7-9/h2-7,11H2,1H3,(H2,10,12). The van der Waals surface area contributed by atoms with Gasteiger partial charge in [-0.3, -0.25) is 0 Å². The summed E-state index contributed by atoms with van der Waals surface area (Å²) in [7, 11) is 1.68. The first kappa shape index (κ1) is 10.3. The lowest BCUT2D eigenvalue weighted by Gasteiger charge is -2.29. The van der Waals surface area contributed by atoms with Crippen LogP contribution in [0.3, 0.4) is 0 Å². The van der Waals surface area contributed by atoms with Crippen molar-refractivity contribution in [1.29, 1.82) is 0 Å². The van der Waals surface area contributed by atoms with Gasteiger partial charge in [-0.1, -0.05) is 25.7 Å². The van der Waals surface area contributed by atoms with E-state index in [0.29, 0.717) is 5.84 Å². The van der Waals surface area contributed by atoms with Crippen LogP contribution < -0.4 is 11.6 Å². The predicted molar refractivity (Wildman–Crippen MR) is 53.3 cm³/mol. The molecular formula is C9H19N3O. The molecule has 0 saturated heterocycles. The molecule has 0 aromatic carbocycles. The molecule has 0 aromatic heterocycles. The lowest BCUT2D eigenvalue weighted by Crippen LogP contribution is -2.46. The van der Waals surface area contributed by atoms with Crippen molar-refractivity contribution in [3.8, 4) is 0 Å². The van der Waals surface area contributed by atoms with E-state index in [0.717, 1.165) is 25.7 Å². The number of hydrogen-bond acceptors (Lipinski definition) is 3. The number of nitrogens with two attached hydrogens (primary N) is 2. The highest BCUT2D eigenvalue weighted by Gasteiger charge is 2.34. The highest BCUT2D eigenvalue weighted by atomic mass is 16.5. The first-order valence-corrected chi connectivity index (χ1v) is 4.84. The van der Waals surface area contributed by atoms with Crippen LogP contribution in [0.25, 0.3) is 0 Å². The van der Waals surface area contributed by atoms with Gasteiger partial charge in [-0.15, -0.1) is 0 Å². The minimum atomic E-state index is -0.384. The molecule has 0 unspecified atom stereocenters. The zero-order valence-electron chi connectivity index (χ0n) is 8.25. The molecule has 0 aliphatic heterocycles. The summed E-state index contributed by atoms with van der Waals surface area (Å²) < 4.78 is 5.48. The zero-order chi connectivity index (χ0) is 9.73. The summed E-state index contributed by atoms with van der Waals surface area (Å²) in [5.41, 5.74) is 5.38. The Morgan fingerprint density at radius 3 is 2.15 bits per heavy atom. The zero-order valence-corrected chi connectivity index (χ0v) is 8.25. The van der Waals surface area contributed by atoms with Gasteiger partial charge in [-0.2, -0.15) is 5.10 Å². The first-order chi connectivity index (χ1) is 6.25. The molecule has 0 aromatic rings. The number of nitrogens with zero attached hydrogens (tertiary/aromatic N) is 1. The molecule has 0 heterocycles. The Kier molecular flexibility index (Phi) is 3.54. The van der Waals surface area contributed by atoms with Crippen molar-refractivity contribution in [1.82, 2.24) is 0 Å². The lowest BCUT2D eigenvalue weighted by molar-refractivity contribution is 0.0360. The molecule has 76 valence electrons. The lowest BCUT2D eigenvalue weighted by atomic mass is 9.93. The Balaban J connectivity index is 2.76. The molecule has 4 heteroatoms. The third-order valence-electron chi connectivity index (χ3n) is 2.91. The monoisotopic (exact) mass is 185 g/mol. The number of methoxy groups -OCH3 is 1. The van der Waals surface area contributed by atoms with Gasteiger partial charge in [0, 0.05) is 7.11 Å². The van der Waals surface area contributed by atoms with Crippen molar-refractivity contribution in [3.63, 3.8) is 0 Å². The van der Waals surface area contributed by atoms with E-state index in [9.17, 15) is 0 Å². The van der Waals surface area contributed by atoms with Crippen molar-refractivity contribution in [2.75, 3.05) is 7.11 Å². The van der Waals surface area contributed by atoms with Crippen LogP contribution >= 0.6 is 0 Å². The van der Waals surface area contributed by atoms with Gasteiger partial charge in [0.05, 0.1) is 0 Å². The number of hydrazone groups is 1. The van der Waals surface area contributed by atoms with Crippen molar-refractivity contribution in [3.05, 3.63) is 0 Å². The van der Waals surface area contributed by atoms with Crippen LogP contribution in [-0.2, 0) is 4.74 Å². The summed E-state index contributed by atoms with van der Waals surface area (Å²) in [6, 6.07) is 0. The van der Waals surface area contributed by atoms with Gasteiger partial charge < -0.3 is 16.3 Å². The van der Waals surface area contributed by atoms with E-state index < -0.39 is 0 Å². The van der Waals surface area contributed by atoms with Crippen LogP contribution in [0.15, 0.2) is 5.10 Å². The van der Waals surface area contributed by atoms with E-state index in [2.05, 4.69) is 5.10 Å². The van der Waals surface area contributed by atoms with Crippen LogP contribution in [0.1, 0.15) is 38.5 Å². The highest BCUT2D eigenvalue weighted by molar-refractivity contribution is 5.88. The molecule has 13 heavy (non-hydrogen) atoms. The quantitative estimate of drug-likeness (QED) is 0.221. The summed E-state index contributed by atoms with van der Waals surface area (Å²) in [5, 5.41) is 3.57. The van der Waals surface area contributed by atoms with E-state index in [1.807, 2.05) is 0 Å². The molecule has 0 atom stereocenters. The Bertz CT molecular complexity index is 183. The average molecular weight is 185 g/mol. The van der Waals surface area contributed by atoms with Gasteiger partial charge in [-0.05, 0) is 12.8 Å². The summed E-state index contributed by atoms with van der Waals surface area (Å²) >= 11 is 0. The second kappa shape index (κ2) is 4.46. The van der Waals surface area contributed by atoms with Crippen molar-refractivity contribution >= 4 is 5.84 Å². The maximum absolute atomic E-state index is 5.76. The fourth-order valence-corrected chi connectivity index (χ4v) is 1.98. The molecule has 1 aliphatic carbocycles. The number of rotatable bonds is 2. The fraction of sp³-hybridized carbons (Fsp3) is 0.889.